The number of unbranched alkanes of at least 4 members (excludes halogenated alkanes) is 12. The van der Waals surface area contributed by atoms with Crippen LogP contribution in [0.5, 0.6) is 0 Å². The first-order valence-electron chi connectivity index (χ1n) is 11.8. The Labute approximate surface area is 242 Å². The van der Waals surface area contributed by atoms with Gasteiger partial charge in [0.15, 0.2) is 0 Å². The van der Waals surface area contributed by atoms with Gasteiger partial charge in [-0.1, -0.05) is 104 Å². The summed E-state index contributed by atoms with van der Waals surface area (Å²) in [6.07, 6.45) is 18.7. The van der Waals surface area contributed by atoms with Gasteiger partial charge in [-0.25, -0.2) is 0 Å². The molecule has 32 heavy (non-hydrogen) atoms. The molecular weight excluding hydrogens is 454 g/mol. The largest absolute Gasteiger partial charge is 1.00 e. The SMILES string of the molecule is CCCCCCCCCC(O)COCC(O)CCCCCCCCC.O=S(=O)([O-])[O-].[Na+].[Na+]. The third kappa shape index (κ3) is 45.3. The number of ether oxygens (including phenoxy) is 1. The molecule has 0 aromatic heterocycles. The second-order valence-electron chi connectivity index (χ2n) is 8.07. The van der Waals surface area contributed by atoms with Gasteiger partial charge in [0.2, 0.25) is 0 Å². The van der Waals surface area contributed by atoms with Crippen molar-refractivity contribution in [3.05, 3.63) is 0 Å². The van der Waals surface area contributed by atoms with Crippen LogP contribution in [0.3, 0.4) is 0 Å². The van der Waals surface area contributed by atoms with Crippen LogP contribution in [0.1, 0.15) is 117 Å². The molecule has 0 fully saturated rings. The van der Waals surface area contributed by atoms with Crippen LogP contribution < -0.4 is 59.1 Å². The Bertz CT molecular complexity index is 408. The number of aliphatic hydroxyl groups is 2. The van der Waals surface area contributed by atoms with E-state index in [2.05, 4.69) is 13.8 Å². The molecule has 2 unspecified atom stereocenters. The first-order chi connectivity index (χ1) is 14.2. The van der Waals surface area contributed by atoms with Crippen molar-refractivity contribution in [2.75, 3.05) is 13.2 Å². The molecule has 0 heterocycles. The smallest absolute Gasteiger partial charge is 0.759 e. The minimum atomic E-state index is -5.17. The first-order valence-corrected chi connectivity index (χ1v) is 13.1. The van der Waals surface area contributed by atoms with E-state index in [-0.39, 0.29) is 71.3 Å². The van der Waals surface area contributed by atoms with Gasteiger partial charge in [-0.15, -0.1) is 0 Å². The van der Waals surface area contributed by atoms with Crippen molar-refractivity contribution in [3.8, 4) is 0 Å². The second-order valence-corrected chi connectivity index (χ2v) is 8.89. The maximum absolute atomic E-state index is 9.91. The topological polar surface area (TPSA) is 130 Å². The van der Waals surface area contributed by atoms with Gasteiger partial charge in [0.25, 0.3) is 0 Å². The van der Waals surface area contributed by atoms with E-state index in [0.29, 0.717) is 13.2 Å². The second kappa shape index (κ2) is 30.8. The molecule has 0 bridgehead atoms. The fourth-order valence-electron chi connectivity index (χ4n) is 3.18. The third-order valence-corrected chi connectivity index (χ3v) is 4.90. The standard InChI is InChI=1S/C22H46O3.2Na.H2O4S/c1-3-5-7-9-11-13-15-17-21(23)19-25-20-22(24)18-16-14-12-10-8-6-4-2;;;1-5(2,3)4/h21-24H,3-20H2,1-2H3;;;(H2,1,2,3,4)/q;2*+1;/p-2. The average molecular weight is 501 g/mol. The zero-order valence-electron chi connectivity index (χ0n) is 21.2. The average Bonchev–Trinajstić information content (AvgIpc) is 2.65. The molecule has 0 saturated carbocycles. The molecule has 0 spiro atoms. The molecule has 7 nitrogen and oxygen atoms in total. The normalized spacial score (nSPS) is 12.7. The van der Waals surface area contributed by atoms with Gasteiger partial charge >= 0.3 is 59.1 Å². The molecule has 0 aromatic carbocycles. The summed E-state index contributed by atoms with van der Waals surface area (Å²) >= 11 is 0. The van der Waals surface area contributed by atoms with Gasteiger partial charge in [0.1, 0.15) is 0 Å². The van der Waals surface area contributed by atoms with Crippen molar-refractivity contribution < 1.29 is 91.6 Å². The van der Waals surface area contributed by atoms with Gasteiger partial charge in [-0.3, -0.25) is 8.42 Å². The molecule has 184 valence electrons. The van der Waals surface area contributed by atoms with E-state index in [1.165, 1.54) is 77.0 Å². The fraction of sp³-hybridized carbons (Fsp3) is 1.00. The van der Waals surface area contributed by atoms with Crippen LogP contribution >= 0.6 is 0 Å². The number of hydrogen-bond donors (Lipinski definition) is 2. The van der Waals surface area contributed by atoms with E-state index in [0.717, 1.165) is 25.7 Å². The molecule has 0 aliphatic carbocycles. The van der Waals surface area contributed by atoms with Crippen LogP contribution in [0.4, 0.5) is 0 Å². The van der Waals surface area contributed by atoms with E-state index in [1.54, 1.807) is 0 Å². The minimum absolute atomic E-state index is 0. The number of hydrogen-bond acceptors (Lipinski definition) is 7. The monoisotopic (exact) mass is 500 g/mol. The summed E-state index contributed by atoms with van der Waals surface area (Å²) in [5, 5.41) is 19.8. The van der Waals surface area contributed by atoms with E-state index in [4.69, 9.17) is 22.3 Å². The molecule has 0 radical (unpaired) electrons. The Morgan fingerprint density at radius 1 is 0.625 bits per heavy atom. The summed E-state index contributed by atoms with van der Waals surface area (Å²) in [6.45, 7) is 5.21. The molecule has 10 heteroatoms. The molecule has 2 atom stereocenters. The fourth-order valence-corrected chi connectivity index (χ4v) is 3.18. The van der Waals surface area contributed by atoms with Crippen LogP contribution in [-0.4, -0.2) is 53.2 Å². The van der Waals surface area contributed by atoms with Gasteiger partial charge in [-0.05, 0) is 12.8 Å². The van der Waals surface area contributed by atoms with Gasteiger partial charge in [-0.2, -0.15) is 0 Å². The predicted molar refractivity (Wildman–Crippen MR) is 119 cm³/mol. The summed E-state index contributed by atoms with van der Waals surface area (Å²) < 4.78 is 39.6. The van der Waals surface area contributed by atoms with Gasteiger partial charge in [0, 0.05) is 10.4 Å². The van der Waals surface area contributed by atoms with Crippen molar-refractivity contribution in [1.82, 2.24) is 0 Å². The van der Waals surface area contributed by atoms with Crippen LogP contribution in [0, 0.1) is 0 Å². The maximum atomic E-state index is 9.91. The summed E-state index contributed by atoms with van der Waals surface area (Å²) in [6, 6.07) is 0. The molecular formula is C22H46Na2O7S. The van der Waals surface area contributed by atoms with Crippen molar-refractivity contribution in [2.45, 2.75) is 129 Å². The quantitative estimate of drug-likeness (QED) is 0.0917. The predicted octanol–water partition coefficient (Wildman–Crippen LogP) is -1.32. The summed E-state index contributed by atoms with van der Waals surface area (Å²) in [4.78, 5) is 0. The van der Waals surface area contributed by atoms with E-state index in [9.17, 15) is 10.2 Å². The number of aliphatic hydroxyl groups excluding tert-OH is 2. The van der Waals surface area contributed by atoms with Crippen LogP contribution in [-0.2, 0) is 15.1 Å². The number of rotatable bonds is 20. The molecule has 0 aliphatic heterocycles. The first kappa shape index (κ1) is 40.9. The molecule has 0 aliphatic rings. The zero-order chi connectivity index (χ0) is 23.1. The van der Waals surface area contributed by atoms with Gasteiger partial charge < -0.3 is 24.1 Å². The minimum Gasteiger partial charge on any atom is -0.759 e. The summed E-state index contributed by atoms with van der Waals surface area (Å²) in [7, 11) is -5.17. The summed E-state index contributed by atoms with van der Waals surface area (Å²) in [5.41, 5.74) is 0. The Hall–Kier alpha value is 1.75. The molecule has 0 amide bonds. The van der Waals surface area contributed by atoms with Crippen molar-refractivity contribution in [3.63, 3.8) is 0 Å². The Morgan fingerprint density at radius 3 is 1.16 bits per heavy atom. The van der Waals surface area contributed by atoms with Crippen LogP contribution in [0.2, 0.25) is 0 Å². The van der Waals surface area contributed by atoms with Crippen molar-refractivity contribution >= 4 is 10.4 Å². The van der Waals surface area contributed by atoms with Gasteiger partial charge in [0.05, 0.1) is 25.4 Å². The molecule has 0 saturated heterocycles. The molecule has 0 aromatic rings. The van der Waals surface area contributed by atoms with Crippen LogP contribution in [0.15, 0.2) is 0 Å². The Balaban J connectivity index is -0.000000501. The summed E-state index contributed by atoms with van der Waals surface area (Å²) in [5.74, 6) is 0. The van der Waals surface area contributed by atoms with Crippen LogP contribution in [0.25, 0.3) is 0 Å². The van der Waals surface area contributed by atoms with Crippen molar-refractivity contribution in [1.29, 1.82) is 0 Å². The Morgan fingerprint density at radius 2 is 0.875 bits per heavy atom. The van der Waals surface area contributed by atoms with E-state index in [1.807, 2.05) is 0 Å². The van der Waals surface area contributed by atoms with Crippen molar-refractivity contribution in [2.24, 2.45) is 0 Å². The Kier molecular flexibility index (Phi) is 39.3. The third-order valence-electron chi connectivity index (χ3n) is 4.90. The molecule has 2 N–H and O–H groups in total. The zero-order valence-corrected chi connectivity index (χ0v) is 26.0. The van der Waals surface area contributed by atoms with E-state index >= 15 is 0 Å². The maximum Gasteiger partial charge on any atom is 1.00 e. The van der Waals surface area contributed by atoms with E-state index < -0.39 is 10.4 Å². The molecule has 0 rings (SSSR count).